The van der Waals surface area contributed by atoms with Crippen molar-refractivity contribution < 1.29 is 23.2 Å². The molecule has 0 bridgehead atoms. The zero-order chi connectivity index (χ0) is 23.9. The van der Waals surface area contributed by atoms with Gasteiger partial charge in [0.15, 0.2) is 11.8 Å². The van der Waals surface area contributed by atoms with Crippen molar-refractivity contribution in [2.75, 3.05) is 11.4 Å². The Balaban J connectivity index is 1.63. The van der Waals surface area contributed by atoms with Crippen molar-refractivity contribution in [1.82, 2.24) is 10.6 Å². The number of anilines is 1. The molecule has 1 saturated carbocycles. The molecule has 1 fully saturated rings. The topological polar surface area (TPSA) is 105 Å². The van der Waals surface area contributed by atoms with Crippen LogP contribution in [-0.2, 0) is 9.59 Å². The average Bonchev–Trinajstić information content (AvgIpc) is 3.56. The van der Waals surface area contributed by atoms with Crippen LogP contribution in [0.25, 0.3) is 0 Å². The number of aryl methyl sites for hydroxylation is 1. The number of carbonyl (C=O) groups is 3. The lowest BCUT2D eigenvalue weighted by molar-refractivity contribution is -0.127. The van der Waals surface area contributed by atoms with Crippen molar-refractivity contribution in [1.29, 1.82) is 0 Å². The maximum Gasteiger partial charge on any atom is 0.287 e. The van der Waals surface area contributed by atoms with Crippen LogP contribution in [0.1, 0.15) is 60.0 Å². The second-order valence-electron chi connectivity index (χ2n) is 8.52. The first kappa shape index (κ1) is 23.4. The van der Waals surface area contributed by atoms with E-state index in [-0.39, 0.29) is 24.3 Å². The molecule has 1 aromatic carbocycles. The second-order valence-corrected chi connectivity index (χ2v) is 8.52. The molecule has 34 heavy (non-hydrogen) atoms. The Labute approximate surface area is 198 Å². The number of amides is 3. The van der Waals surface area contributed by atoms with Crippen LogP contribution >= 0.6 is 0 Å². The molecule has 2 heterocycles. The number of nitrogens with zero attached hydrogens (tertiary/aromatic N) is 1. The van der Waals surface area contributed by atoms with Gasteiger partial charge in [-0.3, -0.25) is 19.3 Å². The van der Waals surface area contributed by atoms with E-state index < -0.39 is 17.9 Å². The molecule has 8 heteroatoms. The number of carbonyl (C=O) groups excluding carboxylic acids is 3. The predicted molar refractivity (Wildman–Crippen MR) is 126 cm³/mol. The van der Waals surface area contributed by atoms with Crippen LogP contribution in [0.15, 0.2) is 69.9 Å². The third-order valence-electron chi connectivity index (χ3n) is 5.96. The van der Waals surface area contributed by atoms with Gasteiger partial charge in [0.05, 0.1) is 19.1 Å². The molecule has 178 valence electrons. The van der Waals surface area contributed by atoms with E-state index in [4.69, 9.17) is 8.83 Å². The normalized spacial score (nSPS) is 14.9. The van der Waals surface area contributed by atoms with E-state index in [2.05, 4.69) is 10.6 Å². The Bertz CT molecular complexity index is 1100. The van der Waals surface area contributed by atoms with Crippen LogP contribution in [0.3, 0.4) is 0 Å². The molecular formula is C26H29N3O5. The lowest BCUT2D eigenvalue weighted by Crippen LogP contribution is -2.49. The minimum atomic E-state index is -1.02. The summed E-state index contributed by atoms with van der Waals surface area (Å²) in [5, 5.41) is 5.70. The van der Waals surface area contributed by atoms with Crippen molar-refractivity contribution in [2.24, 2.45) is 0 Å². The van der Waals surface area contributed by atoms with E-state index in [0.29, 0.717) is 11.4 Å². The zero-order valence-corrected chi connectivity index (χ0v) is 19.2. The van der Waals surface area contributed by atoms with E-state index in [1.54, 1.807) is 24.3 Å². The number of nitrogens with one attached hydrogen (secondary N) is 2. The first-order valence-electron chi connectivity index (χ1n) is 11.6. The van der Waals surface area contributed by atoms with Crippen molar-refractivity contribution in [3.8, 4) is 0 Å². The Morgan fingerprint density at radius 3 is 2.44 bits per heavy atom. The third-order valence-corrected chi connectivity index (χ3v) is 5.96. The van der Waals surface area contributed by atoms with Gasteiger partial charge in [-0.1, -0.05) is 31.4 Å². The molecule has 2 N–H and O–H groups in total. The molecule has 4 rings (SSSR count). The Kier molecular flexibility index (Phi) is 7.47. The summed E-state index contributed by atoms with van der Waals surface area (Å²) in [5.41, 5.74) is 1.47. The highest BCUT2D eigenvalue weighted by molar-refractivity contribution is 6.04. The largest absolute Gasteiger partial charge is 0.467 e. The molecule has 2 aromatic heterocycles. The highest BCUT2D eigenvalue weighted by Crippen LogP contribution is 2.30. The quantitative estimate of drug-likeness (QED) is 0.523. The molecule has 1 aliphatic rings. The van der Waals surface area contributed by atoms with E-state index in [0.717, 1.165) is 37.7 Å². The summed E-state index contributed by atoms with van der Waals surface area (Å²) in [5.74, 6) is -0.823. The van der Waals surface area contributed by atoms with Gasteiger partial charge in [0.1, 0.15) is 5.76 Å². The summed E-state index contributed by atoms with van der Waals surface area (Å²) >= 11 is 0. The van der Waals surface area contributed by atoms with Gasteiger partial charge in [0.2, 0.25) is 5.91 Å². The fourth-order valence-corrected chi connectivity index (χ4v) is 4.30. The van der Waals surface area contributed by atoms with Gasteiger partial charge in [-0.25, -0.2) is 0 Å². The van der Waals surface area contributed by atoms with Crippen molar-refractivity contribution in [2.45, 2.75) is 51.1 Å². The SMILES string of the molecule is Cc1cccc(N(C(=O)CNC(=O)c2ccco2)[C@@H](C(=O)NC2CCCCC2)c2ccco2)c1. The van der Waals surface area contributed by atoms with Crippen molar-refractivity contribution in [3.63, 3.8) is 0 Å². The Hall–Kier alpha value is -3.81. The first-order chi connectivity index (χ1) is 16.5. The molecule has 0 aliphatic heterocycles. The fourth-order valence-electron chi connectivity index (χ4n) is 4.30. The Morgan fingerprint density at radius 2 is 1.76 bits per heavy atom. The van der Waals surface area contributed by atoms with Crippen molar-refractivity contribution >= 4 is 23.4 Å². The highest BCUT2D eigenvalue weighted by atomic mass is 16.3. The van der Waals surface area contributed by atoms with Crippen molar-refractivity contribution in [3.05, 3.63) is 78.1 Å². The molecule has 1 aliphatic carbocycles. The summed E-state index contributed by atoms with van der Waals surface area (Å²) in [4.78, 5) is 40.8. The smallest absolute Gasteiger partial charge is 0.287 e. The summed E-state index contributed by atoms with van der Waals surface area (Å²) in [6.07, 6.45) is 7.98. The lowest BCUT2D eigenvalue weighted by atomic mass is 9.95. The summed E-state index contributed by atoms with van der Waals surface area (Å²) in [6.45, 7) is 1.59. The molecule has 0 radical (unpaired) electrons. The van der Waals surface area contributed by atoms with Crippen LogP contribution in [0.4, 0.5) is 5.69 Å². The van der Waals surface area contributed by atoms with Crippen LogP contribution < -0.4 is 15.5 Å². The minimum Gasteiger partial charge on any atom is -0.467 e. The monoisotopic (exact) mass is 463 g/mol. The standard InChI is InChI=1S/C26H29N3O5/c1-18-8-5-11-20(16-18)29(23(30)17-27-25(31)22-13-7-15-34-22)24(21-12-6-14-33-21)26(32)28-19-9-3-2-4-10-19/h5-8,11-16,19,24H,2-4,9-10,17H2,1H3,(H,27,31)(H,28,32)/t24-/m1/s1. The highest BCUT2D eigenvalue weighted by Gasteiger charge is 2.36. The number of furan rings is 2. The lowest BCUT2D eigenvalue weighted by Gasteiger charge is -2.32. The molecule has 0 saturated heterocycles. The molecular weight excluding hydrogens is 434 g/mol. The number of benzene rings is 1. The number of hydrogen-bond donors (Lipinski definition) is 2. The third kappa shape index (κ3) is 5.57. The van der Waals surface area contributed by atoms with Gasteiger partial charge in [-0.2, -0.15) is 0 Å². The van der Waals surface area contributed by atoms with E-state index in [1.165, 1.54) is 23.5 Å². The van der Waals surface area contributed by atoms with Crippen LogP contribution in [-0.4, -0.2) is 30.3 Å². The molecule has 3 aromatic rings. The van der Waals surface area contributed by atoms with Crippen LogP contribution in [0, 0.1) is 6.92 Å². The Morgan fingerprint density at radius 1 is 1.00 bits per heavy atom. The molecule has 0 spiro atoms. The van der Waals surface area contributed by atoms with Gasteiger partial charge in [-0.15, -0.1) is 0 Å². The minimum absolute atomic E-state index is 0.0619. The molecule has 8 nitrogen and oxygen atoms in total. The zero-order valence-electron chi connectivity index (χ0n) is 19.2. The van der Waals surface area contributed by atoms with Crippen LogP contribution in [0.2, 0.25) is 0 Å². The maximum atomic E-state index is 13.6. The summed E-state index contributed by atoms with van der Waals surface area (Å²) in [6, 6.07) is 12.9. The van der Waals surface area contributed by atoms with Gasteiger partial charge >= 0.3 is 0 Å². The molecule has 1 atom stereocenters. The van der Waals surface area contributed by atoms with Crippen LogP contribution in [0.5, 0.6) is 0 Å². The molecule has 3 amide bonds. The fraction of sp³-hybridized carbons (Fsp3) is 0.346. The number of rotatable bonds is 8. The number of hydrogen-bond acceptors (Lipinski definition) is 5. The van der Waals surface area contributed by atoms with E-state index >= 15 is 0 Å². The van der Waals surface area contributed by atoms with Gasteiger partial charge in [0, 0.05) is 11.7 Å². The van der Waals surface area contributed by atoms with Gasteiger partial charge < -0.3 is 19.5 Å². The average molecular weight is 464 g/mol. The van der Waals surface area contributed by atoms with E-state index in [9.17, 15) is 14.4 Å². The summed E-state index contributed by atoms with van der Waals surface area (Å²) < 4.78 is 10.7. The summed E-state index contributed by atoms with van der Waals surface area (Å²) in [7, 11) is 0. The van der Waals surface area contributed by atoms with Gasteiger partial charge in [0.25, 0.3) is 11.8 Å². The first-order valence-corrected chi connectivity index (χ1v) is 11.6. The second kappa shape index (κ2) is 10.9. The molecule has 0 unspecified atom stereocenters. The maximum absolute atomic E-state index is 13.6. The van der Waals surface area contributed by atoms with Gasteiger partial charge in [-0.05, 0) is 61.7 Å². The predicted octanol–water partition coefficient (Wildman–Crippen LogP) is 4.13. The van der Waals surface area contributed by atoms with E-state index in [1.807, 2.05) is 25.1 Å².